The standard InChI is InChI=1S/C21H22N2/c1-3-15-9-10-17(20(22)13-15)14-16(4-2)18-11-12-23-21-8-6-5-7-19(18)21/h5-14H,3-4,22H2,1-2H3. The maximum Gasteiger partial charge on any atom is 0.0708 e. The summed E-state index contributed by atoms with van der Waals surface area (Å²) in [6.45, 7) is 4.32. The van der Waals surface area contributed by atoms with Gasteiger partial charge in [-0.3, -0.25) is 4.98 Å². The van der Waals surface area contributed by atoms with Crippen LogP contribution >= 0.6 is 0 Å². The third-order valence-corrected chi connectivity index (χ3v) is 4.27. The lowest BCUT2D eigenvalue weighted by molar-refractivity contribution is 1.14. The molecule has 2 nitrogen and oxygen atoms in total. The number of pyridine rings is 1. The van der Waals surface area contributed by atoms with Crippen LogP contribution in [0.2, 0.25) is 0 Å². The van der Waals surface area contributed by atoms with E-state index in [-0.39, 0.29) is 0 Å². The lowest BCUT2D eigenvalue weighted by Crippen LogP contribution is -1.93. The Morgan fingerprint density at radius 2 is 1.91 bits per heavy atom. The highest BCUT2D eigenvalue weighted by Crippen LogP contribution is 2.29. The molecule has 0 amide bonds. The van der Waals surface area contributed by atoms with Gasteiger partial charge in [0.15, 0.2) is 0 Å². The number of nitrogens with two attached hydrogens (primary N) is 1. The van der Waals surface area contributed by atoms with Gasteiger partial charge in [0.1, 0.15) is 0 Å². The third kappa shape index (κ3) is 3.11. The number of fused-ring (bicyclic) bond motifs is 1. The van der Waals surface area contributed by atoms with Crippen LogP contribution in [-0.4, -0.2) is 4.98 Å². The minimum absolute atomic E-state index is 0.841. The molecule has 0 aliphatic heterocycles. The number of allylic oxidation sites excluding steroid dienone is 1. The molecule has 0 aliphatic rings. The van der Waals surface area contributed by atoms with E-state index in [1.165, 1.54) is 22.1 Å². The van der Waals surface area contributed by atoms with Gasteiger partial charge in [0.05, 0.1) is 5.52 Å². The summed E-state index contributed by atoms with van der Waals surface area (Å²) in [6, 6.07) is 16.7. The number of aryl methyl sites for hydroxylation is 1. The highest BCUT2D eigenvalue weighted by atomic mass is 14.6. The van der Waals surface area contributed by atoms with Crippen molar-refractivity contribution in [1.82, 2.24) is 4.98 Å². The van der Waals surface area contributed by atoms with E-state index in [0.29, 0.717) is 0 Å². The van der Waals surface area contributed by atoms with E-state index in [2.05, 4.69) is 67.4 Å². The first-order valence-electron chi connectivity index (χ1n) is 8.16. The minimum Gasteiger partial charge on any atom is -0.398 e. The molecule has 0 bridgehead atoms. The lowest BCUT2D eigenvalue weighted by atomic mass is 9.96. The molecule has 116 valence electrons. The summed E-state index contributed by atoms with van der Waals surface area (Å²) in [5.74, 6) is 0. The van der Waals surface area contributed by atoms with Crippen LogP contribution < -0.4 is 5.73 Å². The van der Waals surface area contributed by atoms with Crippen LogP contribution in [0.4, 0.5) is 5.69 Å². The SMILES string of the molecule is CCC(=Cc1ccc(CC)cc1N)c1ccnc2ccccc12. The average Bonchev–Trinajstić information content (AvgIpc) is 2.60. The number of aromatic nitrogens is 1. The summed E-state index contributed by atoms with van der Waals surface area (Å²) in [6.07, 6.45) is 6.04. The van der Waals surface area contributed by atoms with E-state index in [0.717, 1.165) is 29.6 Å². The van der Waals surface area contributed by atoms with Gasteiger partial charge in [0.25, 0.3) is 0 Å². The predicted octanol–water partition coefficient (Wildman–Crippen LogP) is 5.33. The Labute approximate surface area is 137 Å². The fourth-order valence-corrected chi connectivity index (χ4v) is 2.91. The number of hydrogen-bond acceptors (Lipinski definition) is 2. The Morgan fingerprint density at radius 3 is 2.65 bits per heavy atom. The molecule has 0 aliphatic carbocycles. The molecule has 2 heteroatoms. The van der Waals surface area contributed by atoms with E-state index in [1.54, 1.807) is 0 Å². The van der Waals surface area contributed by atoms with Gasteiger partial charge in [-0.05, 0) is 59.4 Å². The zero-order valence-corrected chi connectivity index (χ0v) is 13.7. The zero-order valence-electron chi connectivity index (χ0n) is 13.7. The van der Waals surface area contributed by atoms with Crippen molar-refractivity contribution in [2.75, 3.05) is 5.73 Å². The molecule has 1 aromatic heterocycles. The summed E-state index contributed by atoms with van der Waals surface area (Å²) in [4.78, 5) is 4.45. The molecule has 0 saturated heterocycles. The lowest BCUT2D eigenvalue weighted by Gasteiger charge is -2.11. The van der Waals surface area contributed by atoms with Crippen molar-refractivity contribution in [2.24, 2.45) is 0 Å². The Balaban J connectivity index is 2.11. The molecular weight excluding hydrogens is 280 g/mol. The predicted molar refractivity (Wildman–Crippen MR) is 100 cm³/mol. The average molecular weight is 302 g/mol. The van der Waals surface area contributed by atoms with E-state index >= 15 is 0 Å². The van der Waals surface area contributed by atoms with Crippen LogP contribution in [0, 0.1) is 0 Å². The molecule has 2 aromatic carbocycles. The van der Waals surface area contributed by atoms with Crippen LogP contribution in [0.25, 0.3) is 22.6 Å². The zero-order chi connectivity index (χ0) is 16.2. The number of benzene rings is 2. The first-order chi connectivity index (χ1) is 11.2. The molecule has 0 spiro atoms. The van der Waals surface area contributed by atoms with Crippen molar-refractivity contribution < 1.29 is 0 Å². The van der Waals surface area contributed by atoms with Crippen LogP contribution in [0.5, 0.6) is 0 Å². The molecule has 3 aromatic rings. The fraction of sp³-hybridized carbons (Fsp3) is 0.190. The normalized spacial score (nSPS) is 11.8. The summed E-state index contributed by atoms with van der Waals surface area (Å²) in [5.41, 5.74) is 13.0. The fourth-order valence-electron chi connectivity index (χ4n) is 2.91. The monoisotopic (exact) mass is 302 g/mol. The summed E-state index contributed by atoms with van der Waals surface area (Å²) >= 11 is 0. The quantitative estimate of drug-likeness (QED) is 0.661. The molecule has 2 N–H and O–H groups in total. The molecule has 1 heterocycles. The van der Waals surface area contributed by atoms with Crippen LogP contribution in [0.3, 0.4) is 0 Å². The molecule has 0 unspecified atom stereocenters. The van der Waals surface area contributed by atoms with Gasteiger partial charge in [0.2, 0.25) is 0 Å². The Hall–Kier alpha value is -2.61. The minimum atomic E-state index is 0.841. The second kappa shape index (κ2) is 6.66. The van der Waals surface area contributed by atoms with Crippen LogP contribution in [0.1, 0.15) is 37.0 Å². The number of nitrogen functional groups attached to an aromatic ring is 1. The summed E-state index contributed by atoms with van der Waals surface area (Å²) < 4.78 is 0. The van der Waals surface area contributed by atoms with Gasteiger partial charge in [-0.15, -0.1) is 0 Å². The number of rotatable bonds is 4. The van der Waals surface area contributed by atoms with E-state index in [4.69, 9.17) is 5.73 Å². The van der Waals surface area contributed by atoms with Gasteiger partial charge >= 0.3 is 0 Å². The van der Waals surface area contributed by atoms with E-state index in [1.807, 2.05) is 12.3 Å². The van der Waals surface area contributed by atoms with Crippen molar-refractivity contribution in [2.45, 2.75) is 26.7 Å². The number of hydrogen-bond donors (Lipinski definition) is 1. The van der Waals surface area contributed by atoms with Crippen LogP contribution in [-0.2, 0) is 6.42 Å². The van der Waals surface area contributed by atoms with E-state index in [9.17, 15) is 0 Å². The molecule has 0 radical (unpaired) electrons. The Bertz CT molecular complexity index is 857. The largest absolute Gasteiger partial charge is 0.398 e. The second-order valence-electron chi connectivity index (χ2n) is 5.72. The maximum atomic E-state index is 6.23. The van der Waals surface area contributed by atoms with E-state index < -0.39 is 0 Å². The molecule has 0 atom stereocenters. The number of nitrogens with zero attached hydrogens (tertiary/aromatic N) is 1. The first kappa shape index (κ1) is 15.3. The summed E-state index contributed by atoms with van der Waals surface area (Å²) in [7, 11) is 0. The molecule has 0 saturated carbocycles. The van der Waals surface area contributed by atoms with Gasteiger partial charge in [0, 0.05) is 17.3 Å². The van der Waals surface area contributed by atoms with Crippen molar-refractivity contribution in [3.63, 3.8) is 0 Å². The molecule has 0 fully saturated rings. The van der Waals surface area contributed by atoms with Gasteiger partial charge in [-0.25, -0.2) is 0 Å². The number of anilines is 1. The number of para-hydroxylation sites is 1. The Morgan fingerprint density at radius 1 is 1.09 bits per heavy atom. The summed E-state index contributed by atoms with van der Waals surface area (Å²) in [5, 5.41) is 1.19. The Kier molecular flexibility index (Phi) is 4.42. The third-order valence-electron chi connectivity index (χ3n) is 4.27. The first-order valence-corrected chi connectivity index (χ1v) is 8.16. The van der Waals surface area contributed by atoms with Gasteiger partial charge < -0.3 is 5.73 Å². The highest BCUT2D eigenvalue weighted by molar-refractivity contribution is 5.96. The highest BCUT2D eigenvalue weighted by Gasteiger charge is 2.07. The molecule has 3 rings (SSSR count). The maximum absolute atomic E-state index is 6.23. The van der Waals surface area contributed by atoms with Crippen LogP contribution in [0.15, 0.2) is 54.7 Å². The van der Waals surface area contributed by atoms with Gasteiger partial charge in [-0.1, -0.05) is 44.2 Å². The smallest absolute Gasteiger partial charge is 0.0708 e. The molecular formula is C21H22N2. The van der Waals surface area contributed by atoms with Crippen molar-refractivity contribution in [3.05, 3.63) is 71.4 Å². The van der Waals surface area contributed by atoms with Crippen molar-refractivity contribution in [1.29, 1.82) is 0 Å². The topological polar surface area (TPSA) is 38.9 Å². The van der Waals surface area contributed by atoms with Crippen molar-refractivity contribution in [3.8, 4) is 0 Å². The molecule has 23 heavy (non-hydrogen) atoms. The van der Waals surface area contributed by atoms with Gasteiger partial charge in [-0.2, -0.15) is 0 Å². The second-order valence-corrected chi connectivity index (χ2v) is 5.72. The van der Waals surface area contributed by atoms with Crippen molar-refractivity contribution >= 4 is 28.2 Å².